The van der Waals surface area contributed by atoms with E-state index in [4.69, 9.17) is 16.3 Å². The third-order valence-electron chi connectivity index (χ3n) is 3.69. The Hall–Kier alpha value is -2.73. The van der Waals surface area contributed by atoms with E-state index in [9.17, 15) is 4.39 Å². The molecule has 3 aromatic rings. The molecular formula is C17H12ClFN4O. The summed E-state index contributed by atoms with van der Waals surface area (Å²) in [4.78, 5) is 8.37. The third-order valence-corrected chi connectivity index (χ3v) is 4.05. The fourth-order valence-electron chi connectivity index (χ4n) is 2.53. The third kappa shape index (κ3) is 2.65. The van der Waals surface area contributed by atoms with E-state index in [0.29, 0.717) is 10.7 Å². The smallest absolute Gasteiger partial charge is 0.324 e. The lowest BCUT2D eigenvalue weighted by molar-refractivity contribution is 0.412. The van der Waals surface area contributed by atoms with Gasteiger partial charge in [-0.15, -0.1) is 0 Å². The maximum absolute atomic E-state index is 13.6. The molecule has 5 nitrogen and oxygen atoms in total. The Morgan fingerprint density at radius 3 is 2.83 bits per heavy atom. The number of benzene rings is 1. The number of hydrogen-bond donors (Lipinski definition) is 1. The van der Waals surface area contributed by atoms with Crippen LogP contribution in [0.25, 0.3) is 16.6 Å². The second-order valence-corrected chi connectivity index (χ2v) is 5.68. The van der Waals surface area contributed by atoms with Crippen LogP contribution < -0.4 is 4.74 Å². The van der Waals surface area contributed by atoms with Gasteiger partial charge in [-0.2, -0.15) is 10.1 Å². The van der Waals surface area contributed by atoms with Gasteiger partial charge in [-0.1, -0.05) is 35.9 Å². The summed E-state index contributed by atoms with van der Waals surface area (Å²) in [5.41, 5.74) is 2.09. The van der Waals surface area contributed by atoms with Crippen molar-refractivity contribution in [2.24, 2.45) is 0 Å². The first kappa shape index (κ1) is 14.8. The molecule has 0 spiro atoms. The number of nitrogens with zero attached hydrogens (tertiary/aromatic N) is 3. The van der Waals surface area contributed by atoms with Crippen LogP contribution in [0.5, 0.6) is 11.8 Å². The van der Waals surface area contributed by atoms with Crippen LogP contribution in [0.4, 0.5) is 4.39 Å². The number of aromatic nitrogens is 4. The fourth-order valence-corrected chi connectivity index (χ4v) is 2.82. The van der Waals surface area contributed by atoms with E-state index in [2.05, 4.69) is 26.2 Å². The Balaban J connectivity index is 1.70. The van der Waals surface area contributed by atoms with Gasteiger partial charge in [0.25, 0.3) is 0 Å². The van der Waals surface area contributed by atoms with Gasteiger partial charge < -0.3 is 4.74 Å². The van der Waals surface area contributed by atoms with E-state index in [1.807, 2.05) is 6.08 Å². The number of para-hydroxylation sites is 1. The number of nitrogens with one attached hydrogen (secondary N) is 1. The predicted molar refractivity (Wildman–Crippen MR) is 89.3 cm³/mol. The molecule has 0 aliphatic heterocycles. The summed E-state index contributed by atoms with van der Waals surface area (Å²) in [6, 6.07) is 6.11. The SMILES string of the molecule is Fc1ccccc1Oc1ncc2c(C3=CCCC=C3Cl)[nH]nc2n1. The molecular weight excluding hydrogens is 331 g/mol. The lowest BCUT2D eigenvalue weighted by Crippen LogP contribution is -1.94. The normalized spacial score (nSPS) is 14.4. The van der Waals surface area contributed by atoms with Gasteiger partial charge in [0.2, 0.25) is 0 Å². The highest BCUT2D eigenvalue weighted by Gasteiger charge is 2.17. The van der Waals surface area contributed by atoms with E-state index in [1.54, 1.807) is 18.3 Å². The first-order valence-corrected chi connectivity index (χ1v) is 7.80. The molecule has 7 heteroatoms. The van der Waals surface area contributed by atoms with Crippen molar-refractivity contribution in [3.05, 3.63) is 59.2 Å². The fraction of sp³-hybridized carbons (Fsp3) is 0.118. The summed E-state index contributed by atoms with van der Waals surface area (Å²) in [5.74, 6) is -0.415. The highest BCUT2D eigenvalue weighted by Crippen LogP contribution is 2.33. The van der Waals surface area contributed by atoms with E-state index >= 15 is 0 Å². The van der Waals surface area contributed by atoms with Crippen molar-refractivity contribution in [3.63, 3.8) is 0 Å². The van der Waals surface area contributed by atoms with Crippen LogP contribution in [0.2, 0.25) is 0 Å². The first-order chi connectivity index (χ1) is 11.7. The molecule has 120 valence electrons. The molecule has 0 radical (unpaired) electrons. The van der Waals surface area contributed by atoms with E-state index in [-0.39, 0.29) is 11.8 Å². The van der Waals surface area contributed by atoms with Crippen LogP contribution in [-0.2, 0) is 0 Å². The average molecular weight is 343 g/mol. The van der Waals surface area contributed by atoms with Crippen LogP contribution in [0.15, 0.2) is 47.6 Å². The Labute approximate surface area is 141 Å². The van der Waals surface area contributed by atoms with Crippen molar-refractivity contribution < 1.29 is 9.13 Å². The highest BCUT2D eigenvalue weighted by atomic mass is 35.5. The molecule has 0 amide bonds. The number of ether oxygens (including phenoxy) is 1. The zero-order valence-corrected chi connectivity index (χ0v) is 13.2. The molecule has 0 saturated heterocycles. The van der Waals surface area contributed by atoms with E-state index in [0.717, 1.165) is 29.5 Å². The van der Waals surface area contributed by atoms with Crippen molar-refractivity contribution in [3.8, 4) is 11.8 Å². The summed E-state index contributed by atoms with van der Waals surface area (Å²) in [7, 11) is 0. The maximum atomic E-state index is 13.6. The van der Waals surface area contributed by atoms with Gasteiger partial charge in [0.15, 0.2) is 17.2 Å². The number of fused-ring (bicyclic) bond motifs is 1. The Morgan fingerprint density at radius 1 is 1.17 bits per heavy atom. The summed E-state index contributed by atoms with van der Waals surface area (Å²) in [6.07, 6.45) is 7.46. The zero-order valence-electron chi connectivity index (χ0n) is 12.5. The zero-order chi connectivity index (χ0) is 16.5. The number of aromatic amines is 1. The second kappa shape index (κ2) is 6.05. The van der Waals surface area contributed by atoms with Gasteiger partial charge in [-0.05, 0) is 25.0 Å². The molecule has 24 heavy (non-hydrogen) atoms. The monoisotopic (exact) mass is 342 g/mol. The largest absolute Gasteiger partial charge is 0.421 e. The number of hydrogen-bond acceptors (Lipinski definition) is 4. The molecule has 1 N–H and O–H groups in total. The van der Waals surface area contributed by atoms with Crippen LogP contribution >= 0.6 is 11.6 Å². The molecule has 0 fully saturated rings. The van der Waals surface area contributed by atoms with Crippen molar-refractivity contribution in [1.29, 1.82) is 0 Å². The van der Waals surface area contributed by atoms with Gasteiger partial charge in [0.1, 0.15) is 0 Å². The van der Waals surface area contributed by atoms with Crippen molar-refractivity contribution >= 4 is 28.2 Å². The molecule has 1 aliphatic carbocycles. The topological polar surface area (TPSA) is 63.7 Å². The average Bonchev–Trinajstić information content (AvgIpc) is 3.00. The molecule has 0 bridgehead atoms. The minimum absolute atomic E-state index is 0.0323. The quantitative estimate of drug-likeness (QED) is 0.756. The van der Waals surface area contributed by atoms with E-state index < -0.39 is 5.82 Å². The van der Waals surface area contributed by atoms with Crippen LogP contribution in [0.1, 0.15) is 18.5 Å². The minimum atomic E-state index is -0.479. The lowest BCUT2D eigenvalue weighted by Gasteiger charge is -2.09. The first-order valence-electron chi connectivity index (χ1n) is 7.42. The number of halogens is 2. The standard InChI is InChI=1S/C17H12ClFN4O/c18-12-6-2-1-5-10(12)15-11-9-20-17(21-16(11)23-22-15)24-14-8-4-3-7-13(14)19/h3-9H,1-2H2,(H,20,21,22,23). The van der Waals surface area contributed by atoms with Gasteiger partial charge in [-0.3, -0.25) is 5.10 Å². The van der Waals surface area contributed by atoms with Gasteiger partial charge >= 0.3 is 6.01 Å². The summed E-state index contributed by atoms with van der Waals surface area (Å²) < 4.78 is 19.0. The lowest BCUT2D eigenvalue weighted by atomic mass is 10.0. The molecule has 2 heterocycles. The van der Waals surface area contributed by atoms with Crippen LogP contribution in [0.3, 0.4) is 0 Å². The summed E-state index contributed by atoms with van der Waals surface area (Å²) in [5, 5.41) is 8.53. The molecule has 1 aliphatic rings. The Kier molecular flexibility index (Phi) is 3.74. The second-order valence-electron chi connectivity index (χ2n) is 5.27. The van der Waals surface area contributed by atoms with Gasteiger partial charge in [-0.25, -0.2) is 9.37 Å². The Morgan fingerprint density at radius 2 is 2.00 bits per heavy atom. The highest BCUT2D eigenvalue weighted by molar-refractivity contribution is 6.37. The molecule has 1 aromatic carbocycles. The molecule has 2 aromatic heterocycles. The van der Waals surface area contributed by atoms with Crippen LogP contribution in [-0.4, -0.2) is 20.2 Å². The van der Waals surface area contributed by atoms with E-state index in [1.165, 1.54) is 12.1 Å². The Bertz CT molecular complexity index is 980. The van der Waals surface area contributed by atoms with Crippen LogP contribution in [0, 0.1) is 5.82 Å². The van der Waals surface area contributed by atoms with Crippen molar-refractivity contribution in [1.82, 2.24) is 20.2 Å². The van der Waals surface area contributed by atoms with Crippen molar-refractivity contribution in [2.45, 2.75) is 12.8 Å². The molecule has 4 rings (SSSR count). The minimum Gasteiger partial charge on any atom is -0.421 e. The maximum Gasteiger partial charge on any atom is 0.324 e. The van der Waals surface area contributed by atoms with Gasteiger partial charge in [0, 0.05) is 16.8 Å². The summed E-state index contributed by atoms with van der Waals surface area (Å²) >= 11 is 6.27. The summed E-state index contributed by atoms with van der Waals surface area (Å²) in [6.45, 7) is 0. The number of allylic oxidation sites excluding steroid dienone is 4. The number of rotatable bonds is 3. The van der Waals surface area contributed by atoms with Gasteiger partial charge in [0.05, 0.1) is 11.1 Å². The van der Waals surface area contributed by atoms with Crippen molar-refractivity contribution in [2.75, 3.05) is 0 Å². The molecule has 0 atom stereocenters. The molecule has 0 unspecified atom stereocenters. The molecule has 0 saturated carbocycles. The number of H-pyrrole nitrogens is 1. The predicted octanol–water partition coefficient (Wildman–Crippen LogP) is 4.58.